The van der Waals surface area contributed by atoms with Crippen molar-refractivity contribution in [2.75, 3.05) is 6.61 Å². The molecule has 0 saturated carbocycles. The molecule has 2 saturated heterocycles. The van der Waals surface area contributed by atoms with Gasteiger partial charge in [0.05, 0.1) is 12.2 Å². The van der Waals surface area contributed by atoms with Crippen LogP contribution < -0.4 is 0 Å². The van der Waals surface area contributed by atoms with E-state index in [4.69, 9.17) is 14.2 Å². The first-order valence-electron chi connectivity index (χ1n) is 7.40. The van der Waals surface area contributed by atoms with Crippen molar-refractivity contribution in [3.8, 4) is 0 Å². The smallest absolute Gasteiger partial charge is 0.190 e. The zero-order chi connectivity index (χ0) is 17.4. The molecule has 8 nitrogen and oxygen atoms in total. The fourth-order valence-corrected chi connectivity index (χ4v) is 2.68. The van der Waals surface area contributed by atoms with Crippen LogP contribution in [0.5, 0.6) is 0 Å². The predicted octanol–water partition coefficient (Wildman–Crippen LogP) is 0.0764. The van der Waals surface area contributed by atoms with E-state index in [9.17, 15) is 20.1 Å². The summed E-state index contributed by atoms with van der Waals surface area (Å²) in [6, 6.07) is -0.820. The Morgan fingerprint density at radius 3 is 2.48 bits per heavy atom. The van der Waals surface area contributed by atoms with Gasteiger partial charge in [-0.15, -0.1) is 0 Å². The van der Waals surface area contributed by atoms with Crippen molar-refractivity contribution >= 4 is 12.0 Å². The minimum absolute atomic E-state index is 0.0322. The largest absolute Gasteiger partial charge is 0.512 e. The quantitative estimate of drug-likeness (QED) is 0.371. The molecule has 0 bridgehead atoms. The van der Waals surface area contributed by atoms with Crippen molar-refractivity contribution in [1.82, 2.24) is 0 Å². The summed E-state index contributed by atoms with van der Waals surface area (Å²) in [4.78, 5) is 15.5. The van der Waals surface area contributed by atoms with Crippen LogP contribution in [0.15, 0.2) is 16.3 Å². The number of hydrogen-bond acceptors (Lipinski definition) is 8. The minimum atomic E-state index is -1.03. The van der Waals surface area contributed by atoms with Crippen LogP contribution in [-0.2, 0) is 19.0 Å². The third kappa shape index (κ3) is 3.78. The molecule has 0 aromatic carbocycles. The van der Waals surface area contributed by atoms with E-state index in [1.807, 2.05) is 0 Å². The molecule has 0 aromatic heterocycles. The van der Waals surface area contributed by atoms with Crippen LogP contribution >= 0.6 is 0 Å². The predicted molar refractivity (Wildman–Crippen MR) is 80.1 cm³/mol. The second-order valence-electron chi connectivity index (χ2n) is 6.14. The van der Waals surface area contributed by atoms with Gasteiger partial charge in [-0.2, -0.15) is 0 Å². The fraction of sp³-hybridized carbons (Fsp3) is 0.733. The van der Waals surface area contributed by atoms with Gasteiger partial charge in [-0.25, -0.2) is 0 Å². The van der Waals surface area contributed by atoms with Gasteiger partial charge in [0.15, 0.2) is 17.9 Å². The number of rotatable bonds is 5. The van der Waals surface area contributed by atoms with E-state index in [2.05, 4.69) is 4.99 Å². The molecule has 0 aliphatic carbocycles. The Hall–Kier alpha value is -1.32. The van der Waals surface area contributed by atoms with Crippen LogP contribution in [0, 0.1) is 0 Å². The maximum absolute atomic E-state index is 11.4. The van der Waals surface area contributed by atoms with Crippen molar-refractivity contribution in [2.45, 2.75) is 64.1 Å². The number of carbonyl (C=O) groups excluding carboxylic acids is 1. The molecule has 0 radical (unpaired) electrons. The molecule has 2 fully saturated rings. The van der Waals surface area contributed by atoms with E-state index < -0.39 is 43.0 Å². The van der Waals surface area contributed by atoms with Crippen molar-refractivity contribution in [3.63, 3.8) is 0 Å². The molecule has 23 heavy (non-hydrogen) atoms. The first-order valence-corrected chi connectivity index (χ1v) is 7.40. The molecule has 0 spiro atoms. The number of nitrogens with zero attached hydrogens (tertiary/aromatic N) is 1. The number of aliphatic imine (C=N–C) groups is 1. The molecule has 0 amide bonds. The maximum Gasteiger partial charge on any atom is 0.190 e. The first-order chi connectivity index (χ1) is 10.7. The van der Waals surface area contributed by atoms with Crippen molar-refractivity contribution in [3.05, 3.63) is 11.3 Å². The second kappa shape index (κ2) is 6.66. The van der Waals surface area contributed by atoms with Crippen LogP contribution in [-0.4, -0.2) is 70.4 Å². The van der Waals surface area contributed by atoms with Crippen molar-refractivity contribution in [2.24, 2.45) is 4.99 Å². The highest BCUT2D eigenvalue weighted by Crippen LogP contribution is 2.38. The summed E-state index contributed by atoms with van der Waals surface area (Å²) in [6.45, 7) is 5.69. The lowest BCUT2D eigenvalue weighted by molar-refractivity contribution is -0.217. The van der Waals surface area contributed by atoms with Crippen LogP contribution in [0.1, 0.15) is 27.7 Å². The summed E-state index contributed by atoms with van der Waals surface area (Å²) in [5, 5.41) is 29.3. The number of fused-ring (bicyclic) bond motifs is 1. The number of ether oxygens (including phenoxy) is 3. The van der Waals surface area contributed by atoms with E-state index in [0.717, 1.165) is 0 Å². The monoisotopic (exact) mass is 329 g/mol. The Morgan fingerprint density at radius 2 is 2.00 bits per heavy atom. The Labute approximate surface area is 134 Å². The van der Waals surface area contributed by atoms with E-state index in [1.165, 1.54) is 20.1 Å². The number of carbonyl (C=O) groups is 1. The SMILES string of the molecule is CC(=O)/C(C=NC(CO)[C@H]1O[C@@H]2OC(C)(C)O[C@@H]2[C@H]1O)=C(\C)O. The van der Waals surface area contributed by atoms with Gasteiger partial charge in [0.1, 0.15) is 30.1 Å². The van der Waals surface area contributed by atoms with Gasteiger partial charge in [-0.05, 0) is 27.7 Å². The Balaban J connectivity index is 2.11. The summed E-state index contributed by atoms with van der Waals surface area (Å²) in [5.74, 6) is -1.38. The number of allylic oxidation sites excluding steroid dienone is 2. The number of hydrogen-bond donors (Lipinski definition) is 3. The van der Waals surface area contributed by atoms with Gasteiger partial charge >= 0.3 is 0 Å². The van der Waals surface area contributed by atoms with Crippen LogP contribution in [0.3, 0.4) is 0 Å². The Morgan fingerprint density at radius 1 is 1.35 bits per heavy atom. The molecule has 2 aliphatic rings. The van der Waals surface area contributed by atoms with Crippen LogP contribution in [0.2, 0.25) is 0 Å². The minimum Gasteiger partial charge on any atom is -0.512 e. The second-order valence-corrected chi connectivity index (χ2v) is 6.14. The molecular formula is C15H23NO7. The molecule has 3 N–H and O–H groups in total. The van der Waals surface area contributed by atoms with Gasteiger partial charge < -0.3 is 29.5 Å². The molecule has 5 atom stereocenters. The van der Waals surface area contributed by atoms with E-state index in [0.29, 0.717) is 0 Å². The highest BCUT2D eigenvalue weighted by atomic mass is 16.8. The molecule has 130 valence electrons. The van der Waals surface area contributed by atoms with Gasteiger partial charge in [0.25, 0.3) is 0 Å². The molecule has 0 aromatic rings. The van der Waals surface area contributed by atoms with E-state index in [-0.39, 0.29) is 17.1 Å². The van der Waals surface area contributed by atoms with Gasteiger partial charge in [-0.1, -0.05) is 0 Å². The zero-order valence-electron chi connectivity index (χ0n) is 13.6. The number of Topliss-reactive ketones (excluding diaryl/α,β-unsaturated/α-hetero) is 1. The van der Waals surface area contributed by atoms with Crippen molar-refractivity contribution < 1.29 is 34.3 Å². The molecular weight excluding hydrogens is 306 g/mol. The maximum atomic E-state index is 11.4. The average Bonchev–Trinajstić information content (AvgIpc) is 2.88. The summed E-state index contributed by atoms with van der Waals surface area (Å²) in [6.07, 6.45) is -2.10. The highest BCUT2D eigenvalue weighted by molar-refractivity contribution is 6.12. The summed E-state index contributed by atoms with van der Waals surface area (Å²) in [7, 11) is 0. The van der Waals surface area contributed by atoms with Gasteiger partial charge in [0.2, 0.25) is 0 Å². The summed E-state index contributed by atoms with van der Waals surface area (Å²) < 4.78 is 16.7. The van der Waals surface area contributed by atoms with Crippen molar-refractivity contribution in [1.29, 1.82) is 0 Å². The number of ketones is 1. The standard InChI is InChI=1S/C15H23NO7/c1-7(18)9(8(2)19)5-16-10(6-17)12-11(20)13-14(21-12)23-15(3,4)22-13/h5,10-14,17-18,20H,6H2,1-4H3/b9-7+,16-5?/t10?,11-,12+,13+,14+/m0/s1. The lowest BCUT2D eigenvalue weighted by atomic mass is 10.0. The summed E-state index contributed by atoms with van der Waals surface area (Å²) in [5.41, 5.74) is 0.0322. The molecule has 2 aliphatic heterocycles. The van der Waals surface area contributed by atoms with E-state index in [1.54, 1.807) is 13.8 Å². The van der Waals surface area contributed by atoms with Gasteiger partial charge in [-0.3, -0.25) is 9.79 Å². The molecule has 8 heteroatoms. The molecule has 1 unspecified atom stereocenters. The number of aliphatic hydroxyl groups is 3. The summed E-state index contributed by atoms with van der Waals surface area (Å²) >= 11 is 0. The Kier molecular flexibility index (Phi) is 5.22. The molecule has 2 rings (SSSR count). The van der Waals surface area contributed by atoms with Gasteiger partial charge in [0, 0.05) is 6.21 Å². The zero-order valence-corrected chi connectivity index (χ0v) is 13.6. The molecule has 2 heterocycles. The first kappa shape index (κ1) is 18.0. The normalized spacial score (nSPS) is 35.2. The number of aliphatic hydroxyl groups excluding tert-OH is 3. The van der Waals surface area contributed by atoms with E-state index >= 15 is 0 Å². The highest BCUT2D eigenvalue weighted by Gasteiger charge is 2.55. The lowest BCUT2D eigenvalue weighted by Crippen LogP contribution is -2.41. The third-order valence-corrected chi connectivity index (χ3v) is 3.78. The lowest BCUT2D eigenvalue weighted by Gasteiger charge is -2.25. The topological polar surface area (TPSA) is 118 Å². The average molecular weight is 329 g/mol. The van der Waals surface area contributed by atoms with Crippen LogP contribution in [0.4, 0.5) is 0 Å². The Bertz CT molecular complexity index is 524. The fourth-order valence-electron chi connectivity index (χ4n) is 2.68. The van der Waals surface area contributed by atoms with Crippen LogP contribution in [0.25, 0.3) is 0 Å². The third-order valence-electron chi connectivity index (χ3n) is 3.78.